The molecule has 4 N–H and O–H groups in total. The number of benzene rings is 5. The monoisotopic (exact) mass is 391 g/mol. The summed E-state index contributed by atoms with van der Waals surface area (Å²) in [6.45, 7) is 0. The van der Waals surface area contributed by atoms with E-state index in [1.54, 1.807) is 12.1 Å². The first kappa shape index (κ1) is 18.1. The van der Waals surface area contributed by atoms with Crippen LogP contribution in [0.3, 0.4) is 0 Å². The van der Waals surface area contributed by atoms with Crippen molar-refractivity contribution in [2.75, 3.05) is 5.73 Å². The van der Waals surface area contributed by atoms with Crippen LogP contribution >= 0.6 is 0 Å². The van der Waals surface area contributed by atoms with E-state index >= 15 is 0 Å². The van der Waals surface area contributed by atoms with Crippen molar-refractivity contribution < 1.29 is 10.2 Å². The van der Waals surface area contributed by atoms with Crippen LogP contribution in [0.25, 0.3) is 21.5 Å². The Kier molecular flexibility index (Phi) is 4.29. The smallest absolute Gasteiger partial charge is 0.120 e. The van der Waals surface area contributed by atoms with Gasteiger partial charge in [0.2, 0.25) is 0 Å². The third-order valence-corrected chi connectivity index (χ3v) is 5.72. The summed E-state index contributed by atoms with van der Waals surface area (Å²) in [5, 5.41) is 26.0. The minimum absolute atomic E-state index is 0.188. The Hall–Kier alpha value is -3.98. The lowest BCUT2D eigenvalue weighted by Crippen LogP contribution is -2.07. The molecule has 0 aliphatic rings. The van der Waals surface area contributed by atoms with Gasteiger partial charge in [-0.25, -0.2) is 0 Å². The van der Waals surface area contributed by atoms with Crippen molar-refractivity contribution in [2.24, 2.45) is 0 Å². The maximum absolute atomic E-state index is 11.0. The van der Waals surface area contributed by atoms with Crippen molar-refractivity contribution in [3.63, 3.8) is 0 Å². The molecular formula is C27H21NO2. The molecule has 3 nitrogen and oxygen atoms in total. The predicted molar refractivity (Wildman–Crippen MR) is 123 cm³/mol. The summed E-state index contributed by atoms with van der Waals surface area (Å²) in [5.74, 6) is -0.0207. The van der Waals surface area contributed by atoms with Crippen molar-refractivity contribution in [1.82, 2.24) is 0 Å². The maximum atomic E-state index is 11.0. The highest BCUT2D eigenvalue weighted by molar-refractivity contribution is 5.93. The lowest BCUT2D eigenvalue weighted by molar-refractivity contribution is 0.460. The first-order chi connectivity index (χ1) is 14.6. The number of aromatic hydroxyl groups is 2. The van der Waals surface area contributed by atoms with Crippen LogP contribution in [0, 0.1) is 0 Å². The minimum Gasteiger partial charge on any atom is -0.508 e. The van der Waals surface area contributed by atoms with Gasteiger partial charge >= 0.3 is 0 Å². The van der Waals surface area contributed by atoms with E-state index in [1.807, 2.05) is 84.9 Å². The number of nitrogen functional groups attached to an aromatic ring is 1. The van der Waals surface area contributed by atoms with Gasteiger partial charge in [-0.05, 0) is 51.4 Å². The predicted octanol–water partition coefficient (Wildman–Crippen LogP) is 6.17. The topological polar surface area (TPSA) is 66.5 Å². The fourth-order valence-corrected chi connectivity index (χ4v) is 4.39. The molecule has 0 atom stereocenters. The van der Waals surface area contributed by atoms with Crippen molar-refractivity contribution in [1.29, 1.82) is 0 Å². The zero-order valence-electron chi connectivity index (χ0n) is 16.3. The quantitative estimate of drug-likeness (QED) is 0.255. The van der Waals surface area contributed by atoms with Crippen LogP contribution in [0.2, 0.25) is 0 Å². The van der Waals surface area contributed by atoms with E-state index in [0.717, 1.165) is 38.2 Å². The molecule has 146 valence electrons. The number of phenols is 2. The van der Waals surface area contributed by atoms with E-state index in [1.165, 1.54) is 0 Å². The van der Waals surface area contributed by atoms with Gasteiger partial charge in [-0.2, -0.15) is 0 Å². The first-order valence-corrected chi connectivity index (χ1v) is 9.90. The van der Waals surface area contributed by atoms with Gasteiger partial charge in [0.15, 0.2) is 0 Å². The molecule has 5 aromatic carbocycles. The molecule has 0 aliphatic heterocycles. The first-order valence-electron chi connectivity index (χ1n) is 9.90. The van der Waals surface area contributed by atoms with Gasteiger partial charge < -0.3 is 15.9 Å². The zero-order valence-corrected chi connectivity index (χ0v) is 16.3. The van der Waals surface area contributed by atoms with Crippen molar-refractivity contribution in [3.05, 3.63) is 114 Å². The molecule has 0 amide bonds. The molecule has 30 heavy (non-hydrogen) atoms. The summed E-state index contributed by atoms with van der Waals surface area (Å²) in [6, 6.07) is 30.9. The summed E-state index contributed by atoms with van der Waals surface area (Å²) in [7, 11) is 0. The lowest BCUT2D eigenvalue weighted by Gasteiger charge is -2.24. The van der Waals surface area contributed by atoms with E-state index < -0.39 is 5.92 Å². The molecule has 0 bridgehead atoms. The van der Waals surface area contributed by atoms with Crippen LogP contribution in [-0.4, -0.2) is 10.2 Å². The number of fused-ring (bicyclic) bond motifs is 2. The largest absolute Gasteiger partial charge is 0.508 e. The minimum atomic E-state index is -0.398. The van der Waals surface area contributed by atoms with Crippen LogP contribution < -0.4 is 5.73 Å². The Bertz CT molecular complexity index is 1310. The van der Waals surface area contributed by atoms with Gasteiger partial charge in [0.05, 0.1) is 0 Å². The molecule has 0 aromatic heterocycles. The van der Waals surface area contributed by atoms with Crippen LogP contribution in [0.15, 0.2) is 97.1 Å². The molecule has 0 spiro atoms. The molecule has 0 saturated heterocycles. The molecule has 0 aliphatic carbocycles. The van der Waals surface area contributed by atoms with Crippen molar-refractivity contribution in [3.8, 4) is 11.5 Å². The van der Waals surface area contributed by atoms with Gasteiger partial charge in [0.25, 0.3) is 0 Å². The van der Waals surface area contributed by atoms with Gasteiger partial charge in [0, 0.05) is 22.7 Å². The van der Waals surface area contributed by atoms with Crippen LogP contribution in [0.5, 0.6) is 11.5 Å². The van der Waals surface area contributed by atoms with E-state index in [9.17, 15) is 10.2 Å². The van der Waals surface area contributed by atoms with E-state index in [0.29, 0.717) is 5.69 Å². The molecule has 0 heterocycles. The average Bonchev–Trinajstić information content (AvgIpc) is 2.77. The number of anilines is 1. The second-order valence-electron chi connectivity index (χ2n) is 7.54. The molecule has 5 rings (SSSR count). The molecule has 3 heteroatoms. The summed E-state index contributed by atoms with van der Waals surface area (Å²) >= 11 is 0. The van der Waals surface area contributed by atoms with Crippen LogP contribution in [0.4, 0.5) is 5.69 Å². The summed E-state index contributed by atoms with van der Waals surface area (Å²) in [5.41, 5.74) is 9.19. The Morgan fingerprint density at radius 1 is 0.567 bits per heavy atom. The fourth-order valence-electron chi connectivity index (χ4n) is 4.39. The van der Waals surface area contributed by atoms with Gasteiger partial charge in [-0.15, -0.1) is 0 Å². The zero-order chi connectivity index (χ0) is 20.7. The third kappa shape index (κ3) is 2.92. The summed E-state index contributed by atoms with van der Waals surface area (Å²) in [6.07, 6.45) is 0. The normalized spacial score (nSPS) is 11.4. The Morgan fingerprint density at radius 2 is 1.10 bits per heavy atom. The van der Waals surface area contributed by atoms with Crippen LogP contribution in [-0.2, 0) is 0 Å². The van der Waals surface area contributed by atoms with Gasteiger partial charge in [0.1, 0.15) is 11.5 Å². The number of rotatable bonds is 3. The highest BCUT2D eigenvalue weighted by atomic mass is 16.3. The van der Waals surface area contributed by atoms with Crippen molar-refractivity contribution >= 4 is 27.2 Å². The molecule has 0 fully saturated rings. The van der Waals surface area contributed by atoms with E-state index in [2.05, 4.69) is 0 Å². The average molecular weight is 391 g/mol. The Labute approximate surface area is 174 Å². The number of hydrogen-bond acceptors (Lipinski definition) is 3. The highest BCUT2D eigenvalue weighted by Crippen LogP contribution is 2.46. The summed E-state index contributed by atoms with van der Waals surface area (Å²) in [4.78, 5) is 0. The van der Waals surface area contributed by atoms with E-state index in [4.69, 9.17) is 5.73 Å². The number of hydrogen-bond donors (Lipinski definition) is 3. The summed E-state index contributed by atoms with van der Waals surface area (Å²) < 4.78 is 0. The third-order valence-electron chi connectivity index (χ3n) is 5.72. The van der Waals surface area contributed by atoms with Gasteiger partial charge in [-0.3, -0.25) is 0 Å². The van der Waals surface area contributed by atoms with Crippen LogP contribution in [0.1, 0.15) is 22.6 Å². The molecule has 0 saturated carbocycles. The SMILES string of the molecule is Nc1cccc(C(c2c(O)ccc3ccccc23)c2c(O)ccc3ccccc23)c1. The maximum Gasteiger partial charge on any atom is 0.120 e. The number of phenolic OH excluding ortho intramolecular Hbond substituents is 2. The second kappa shape index (κ2) is 7.12. The molecule has 0 unspecified atom stereocenters. The second-order valence-corrected chi connectivity index (χ2v) is 7.54. The number of nitrogens with two attached hydrogens (primary N) is 1. The molecule has 5 aromatic rings. The van der Waals surface area contributed by atoms with E-state index in [-0.39, 0.29) is 11.5 Å². The molecular weight excluding hydrogens is 370 g/mol. The fraction of sp³-hybridized carbons (Fsp3) is 0.0370. The lowest BCUT2D eigenvalue weighted by atomic mass is 9.80. The Balaban J connectivity index is 1.93. The highest BCUT2D eigenvalue weighted by Gasteiger charge is 2.27. The Morgan fingerprint density at radius 3 is 1.63 bits per heavy atom. The standard InChI is InChI=1S/C27H21NO2/c28-20-9-5-8-19(16-20)25(26-21-10-3-1-6-17(21)12-14-23(26)29)27-22-11-4-2-7-18(22)13-15-24(27)30/h1-16,25,29-30H,28H2. The molecule has 0 radical (unpaired) electrons. The van der Waals surface area contributed by atoms with Crippen molar-refractivity contribution in [2.45, 2.75) is 5.92 Å². The van der Waals surface area contributed by atoms with Gasteiger partial charge in [-0.1, -0.05) is 72.8 Å².